The molecule has 1 amide bonds. The molecule has 1 aliphatic heterocycles. The second kappa shape index (κ2) is 11.8. The van der Waals surface area contributed by atoms with Crippen molar-refractivity contribution < 1.29 is 9.00 Å². The quantitative estimate of drug-likeness (QED) is 0.283. The minimum atomic E-state index is -1.29. The minimum Gasteiger partial charge on any atom is -0.335 e. The number of nitrogens with zero attached hydrogens (tertiary/aromatic N) is 1. The second-order valence-corrected chi connectivity index (χ2v) is 12.7. The predicted molar refractivity (Wildman–Crippen MR) is 151 cm³/mol. The molecule has 4 aromatic carbocycles. The van der Waals surface area contributed by atoms with Gasteiger partial charge in [-0.1, -0.05) is 103 Å². The number of hydrogen-bond donors (Lipinski definition) is 0. The number of hydrogen-bond acceptors (Lipinski definition) is 2. The second-order valence-electron chi connectivity index (χ2n) is 9.05. The van der Waals surface area contributed by atoms with Crippen LogP contribution in [0.4, 0.5) is 0 Å². The summed E-state index contributed by atoms with van der Waals surface area (Å²) in [5.41, 5.74) is 1.58. The van der Waals surface area contributed by atoms with Gasteiger partial charge in [-0.3, -0.25) is 9.00 Å². The molecule has 0 aliphatic carbocycles. The van der Waals surface area contributed by atoms with Gasteiger partial charge in [0, 0.05) is 12.6 Å². The van der Waals surface area contributed by atoms with E-state index < -0.39 is 18.7 Å². The Bertz CT molecular complexity index is 1270. The Balaban J connectivity index is 1.39. The first kappa shape index (κ1) is 24.6. The minimum absolute atomic E-state index is 0.00517. The molecule has 1 aliphatic rings. The summed E-state index contributed by atoms with van der Waals surface area (Å²) in [6.07, 6.45) is 2.93. The molecule has 1 saturated heterocycles. The molecule has 0 spiro atoms. The molecule has 4 aromatic rings. The number of rotatable bonds is 8. The van der Waals surface area contributed by atoms with Gasteiger partial charge in [0.15, 0.2) is 0 Å². The normalized spacial score (nSPS) is 16.2. The van der Waals surface area contributed by atoms with Gasteiger partial charge >= 0.3 is 0 Å². The highest BCUT2D eigenvalue weighted by Gasteiger charge is 2.33. The lowest BCUT2D eigenvalue weighted by Gasteiger charge is -2.29. The number of benzene rings is 4. The first-order chi connectivity index (χ1) is 17.7. The average molecular weight is 512 g/mol. The summed E-state index contributed by atoms with van der Waals surface area (Å²) < 4.78 is 13.3. The third-order valence-electron chi connectivity index (χ3n) is 6.67. The van der Waals surface area contributed by atoms with Crippen molar-refractivity contribution >= 4 is 35.2 Å². The summed E-state index contributed by atoms with van der Waals surface area (Å²) in [7, 11) is -1.88. The molecule has 3 nitrogen and oxygen atoms in total. The van der Waals surface area contributed by atoms with Gasteiger partial charge in [-0.05, 0) is 55.2 Å². The average Bonchev–Trinajstić information content (AvgIpc) is 3.41. The molecule has 1 unspecified atom stereocenters. The van der Waals surface area contributed by atoms with Crippen molar-refractivity contribution in [1.29, 1.82) is 0 Å². The zero-order chi connectivity index (χ0) is 24.7. The van der Waals surface area contributed by atoms with Crippen molar-refractivity contribution in [3.05, 3.63) is 126 Å². The molecular formula is C31H30NO2PS. The van der Waals surface area contributed by atoms with Crippen molar-refractivity contribution in [3.63, 3.8) is 0 Å². The Morgan fingerprint density at radius 3 is 1.97 bits per heavy atom. The molecule has 2 atom stereocenters. The van der Waals surface area contributed by atoms with Crippen LogP contribution in [0.5, 0.6) is 0 Å². The van der Waals surface area contributed by atoms with Crippen LogP contribution in [0, 0.1) is 0 Å². The molecule has 36 heavy (non-hydrogen) atoms. The summed E-state index contributed by atoms with van der Waals surface area (Å²) >= 11 is 0. The lowest BCUT2D eigenvalue weighted by molar-refractivity contribution is 0.0746. The van der Waals surface area contributed by atoms with Gasteiger partial charge in [0.05, 0.1) is 27.0 Å². The van der Waals surface area contributed by atoms with Gasteiger partial charge in [0.25, 0.3) is 5.91 Å². The van der Waals surface area contributed by atoms with Gasteiger partial charge in [-0.2, -0.15) is 0 Å². The Labute approximate surface area is 217 Å². The van der Waals surface area contributed by atoms with Crippen molar-refractivity contribution in [2.75, 3.05) is 12.7 Å². The molecule has 0 saturated carbocycles. The van der Waals surface area contributed by atoms with Gasteiger partial charge in [-0.25, -0.2) is 0 Å². The SMILES string of the molecule is O=C(c1ccccc1S(=O)Cc1ccccc1)N1CCC[C@H]1CP(c1ccccc1)c1ccccc1. The molecule has 0 radical (unpaired) electrons. The van der Waals surface area contributed by atoms with Crippen LogP contribution in [0.2, 0.25) is 0 Å². The van der Waals surface area contributed by atoms with Crippen molar-refractivity contribution in [2.45, 2.75) is 29.5 Å². The van der Waals surface area contributed by atoms with Crippen LogP contribution in [0.3, 0.4) is 0 Å². The summed E-state index contributed by atoms with van der Waals surface area (Å²) in [6, 6.07) is 38.8. The third kappa shape index (κ3) is 5.67. The van der Waals surface area contributed by atoms with E-state index in [4.69, 9.17) is 0 Å². The van der Waals surface area contributed by atoms with Crippen LogP contribution in [0.15, 0.2) is 120 Å². The monoisotopic (exact) mass is 511 g/mol. The van der Waals surface area contributed by atoms with E-state index in [1.807, 2.05) is 59.5 Å². The summed E-state index contributed by atoms with van der Waals surface area (Å²) in [5, 5.41) is 2.67. The fourth-order valence-electron chi connectivity index (χ4n) is 4.88. The van der Waals surface area contributed by atoms with Crippen LogP contribution in [-0.2, 0) is 16.6 Å². The standard InChI is InChI=1S/C31H30NO2PS/c33-31(29-20-10-11-21-30(29)36(34)24-25-13-4-1-5-14-25)32-22-12-15-26(32)23-35(27-16-6-2-7-17-27)28-18-8-3-9-19-28/h1-11,13-14,16-21,26H,12,15,22-24H2/t26-,36?/m0/s1. The number of carbonyl (C=O) groups is 1. The predicted octanol–water partition coefficient (Wildman–Crippen LogP) is 5.73. The highest BCUT2D eigenvalue weighted by atomic mass is 32.2. The van der Waals surface area contributed by atoms with Crippen LogP contribution >= 0.6 is 7.92 Å². The Kier molecular flexibility index (Phi) is 8.05. The number of carbonyl (C=O) groups excluding carboxylic acids is 1. The van der Waals surface area contributed by atoms with E-state index in [9.17, 15) is 9.00 Å². The van der Waals surface area contributed by atoms with E-state index in [-0.39, 0.29) is 11.9 Å². The maximum atomic E-state index is 13.9. The van der Waals surface area contributed by atoms with Crippen LogP contribution < -0.4 is 10.6 Å². The first-order valence-corrected chi connectivity index (χ1v) is 15.3. The molecule has 1 heterocycles. The van der Waals surface area contributed by atoms with Crippen molar-refractivity contribution in [3.8, 4) is 0 Å². The van der Waals surface area contributed by atoms with Crippen LogP contribution in [0.1, 0.15) is 28.8 Å². The smallest absolute Gasteiger partial charge is 0.255 e. The maximum absolute atomic E-state index is 13.9. The number of amides is 1. The van der Waals surface area contributed by atoms with E-state index in [1.165, 1.54) is 10.6 Å². The van der Waals surface area contributed by atoms with Crippen LogP contribution in [0.25, 0.3) is 0 Å². The molecule has 5 rings (SSSR count). The molecule has 0 aromatic heterocycles. The third-order valence-corrected chi connectivity index (χ3v) is 10.7. The van der Waals surface area contributed by atoms with E-state index in [2.05, 4.69) is 60.7 Å². The van der Waals surface area contributed by atoms with Gasteiger partial charge < -0.3 is 4.90 Å². The molecule has 0 N–H and O–H groups in total. The fraction of sp³-hybridized carbons (Fsp3) is 0.194. The van der Waals surface area contributed by atoms with Gasteiger partial charge in [0.2, 0.25) is 0 Å². The lowest BCUT2D eigenvalue weighted by atomic mass is 10.2. The van der Waals surface area contributed by atoms with Gasteiger partial charge in [-0.15, -0.1) is 0 Å². The zero-order valence-electron chi connectivity index (χ0n) is 20.2. The lowest BCUT2D eigenvalue weighted by Crippen LogP contribution is -2.39. The summed E-state index contributed by atoms with van der Waals surface area (Å²) in [5.74, 6) is 0.410. The van der Waals surface area contributed by atoms with E-state index in [0.717, 1.165) is 31.1 Å². The molecule has 1 fully saturated rings. The first-order valence-electron chi connectivity index (χ1n) is 12.4. The highest BCUT2D eigenvalue weighted by Crippen LogP contribution is 2.38. The van der Waals surface area contributed by atoms with Crippen molar-refractivity contribution in [2.24, 2.45) is 0 Å². The Morgan fingerprint density at radius 2 is 1.33 bits per heavy atom. The van der Waals surface area contributed by atoms with E-state index in [1.54, 1.807) is 0 Å². The Morgan fingerprint density at radius 1 is 0.778 bits per heavy atom. The molecule has 0 bridgehead atoms. The zero-order valence-corrected chi connectivity index (χ0v) is 21.9. The fourth-order valence-corrected chi connectivity index (χ4v) is 8.75. The molecule has 5 heteroatoms. The highest BCUT2D eigenvalue weighted by molar-refractivity contribution is 7.84. The van der Waals surface area contributed by atoms with Crippen molar-refractivity contribution in [1.82, 2.24) is 4.90 Å². The topological polar surface area (TPSA) is 37.4 Å². The largest absolute Gasteiger partial charge is 0.335 e. The molecular weight excluding hydrogens is 481 g/mol. The maximum Gasteiger partial charge on any atom is 0.255 e. The summed E-state index contributed by atoms with van der Waals surface area (Å²) in [6.45, 7) is 0.746. The van der Waals surface area contributed by atoms with E-state index >= 15 is 0 Å². The summed E-state index contributed by atoms with van der Waals surface area (Å²) in [4.78, 5) is 16.6. The van der Waals surface area contributed by atoms with Crippen LogP contribution in [-0.4, -0.2) is 33.8 Å². The van der Waals surface area contributed by atoms with E-state index in [0.29, 0.717) is 16.2 Å². The van der Waals surface area contributed by atoms with Gasteiger partial charge in [0.1, 0.15) is 0 Å². The molecule has 182 valence electrons. The number of likely N-dealkylation sites (tertiary alicyclic amines) is 1. The Hall–Kier alpha value is -3.07.